The van der Waals surface area contributed by atoms with Crippen LogP contribution in [0.5, 0.6) is 0 Å². The monoisotopic (exact) mass is 421 g/mol. The van der Waals surface area contributed by atoms with Crippen LogP contribution in [0.2, 0.25) is 0 Å². The van der Waals surface area contributed by atoms with E-state index < -0.39 is 17.9 Å². The van der Waals surface area contributed by atoms with Crippen molar-refractivity contribution in [3.05, 3.63) is 53.9 Å². The molecule has 1 aliphatic carbocycles. The van der Waals surface area contributed by atoms with Crippen LogP contribution in [0.25, 0.3) is 11.0 Å². The molecule has 3 aromatic rings. The Labute approximate surface area is 180 Å². The van der Waals surface area contributed by atoms with Gasteiger partial charge in [-0.25, -0.2) is 14.5 Å². The Balaban J connectivity index is 1.70. The summed E-state index contributed by atoms with van der Waals surface area (Å²) in [5.41, 5.74) is 2.22. The van der Waals surface area contributed by atoms with Gasteiger partial charge in [0.1, 0.15) is 0 Å². The van der Waals surface area contributed by atoms with Crippen LogP contribution in [0.15, 0.2) is 42.7 Å². The molecule has 1 aliphatic rings. The van der Waals surface area contributed by atoms with Crippen molar-refractivity contribution in [1.82, 2.24) is 20.1 Å². The van der Waals surface area contributed by atoms with E-state index in [2.05, 4.69) is 20.7 Å². The summed E-state index contributed by atoms with van der Waals surface area (Å²) in [5.74, 6) is -1.60. The Morgan fingerprint density at radius 2 is 1.90 bits per heavy atom. The van der Waals surface area contributed by atoms with Gasteiger partial charge in [0.25, 0.3) is 5.91 Å². The predicted octanol–water partition coefficient (Wildman–Crippen LogP) is 3.75. The molecule has 2 aromatic heterocycles. The van der Waals surface area contributed by atoms with E-state index in [-0.39, 0.29) is 6.04 Å². The van der Waals surface area contributed by atoms with Gasteiger partial charge in [0.15, 0.2) is 11.7 Å². The molecule has 1 atom stereocenters. The van der Waals surface area contributed by atoms with Gasteiger partial charge in [0.2, 0.25) is 0 Å². The van der Waals surface area contributed by atoms with Crippen molar-refractivity contribution in [2.24, 2.45) is 0 Å². The van der Waals surface area contributed by atoms with Crippen molar-refractivity contribution >= 4 is 28.6 Å². The lowest BCUT2D eigenvalue weighted by Gasteiger charge is -2.25. The third-order valence-corrected chi connectivity index (χ3v) is 5.82. The van der Waals surface area contributed by atoms with Crippen LogP contribution in [0, 0.1) is 0 Å². The van der Waals surface area contributed by atoms with E-state index in [4.69, 9.17) is 0 Å². The number of nitrogens with one attached hydrogen (secondary N) is 2. The average Bonchev–Trinajstić information content (AvgIpc) is 3.22. The van der Waals surface area contributed by atoms with Gasteiger partial charge in [0, 0.05) is 18.8 Å². The number of carbonyl (C=O) groups is 2. The average molecular weight is 422 g/mol. The fourth-order valence-corrected chi connectivity index (χ4v) is 4.18. The fourth-order valence-electron chi connectivity index (χ4n) is 4.18. The zero-order valence-electron chi connectivity index (χ0n) is 17.5. The summed E-state index contributed by atoms with van der Waals surface area (Å²) < 4.78 is 1.78. The number of aliphatic carboxylic acids is 1. The maximum Gasteiger partial charge on any atom is 0.330 e. The minimum absolute atomic E-state index is 0.264. The Morgan fingerprint density at radius 1 is 1.16 bits per heavy atom. The second-order valence-corrected chi connectivity index (χ2v) is 7.88. The van der Waals surface area contributed by atoms with Gasteiger partial charge in [-0.2, -0.15) is 5.10 Å². The minimum atomic E-state index is -1.15. The molecule has 1 saturated carbocycles. The summed E-state index contributed by atoms with van der Waals surface area (Å²) in [6.07, 6.45) is 8.83. The molecule has 2 heterocycles. The number of carboxylic acids is 1. The zero-order valence-corrected chi connectivity index (χ0v) is 17.5. The normalized spacial score (nSPS) is 15.5. The smallest absolute Gasteiger partial charge is 0.330 e. The molecular formula is C23H27N5O3. The molecule has 1 fully saturated rings. The molecule has 0 saturated heterocycles. The summed E-state index contributed by atoms with van der Waals surface area (Å²) in [6.45, 7) is 2.65. The van der Waals surface area contributed by atoms with Crippen LogP contribution in [-0.4, -0.2) is 37.8 Å². The van der Waals surface area contributed by atoms with Crippen LogP contribution >= 0.6 is 0 Å². The summed E-state index contributed by atoms with van der Waals surface area (Å²) in [5, 5.41) is 21.1. The van der Waals surface area contributed by atoms with Crippen molar-refractivity contribution in [2.75, 3.05) is 5.32 Å². The van der Waals surface area contributed by atoms with Crippen molar-refractivity contribution in [2.45, 2.75) is 57.7 Å². The highest BCUT2D eigenvalue weighted by Crippen LogP contribution is 2.30. The SMILES string of the molecule is CCn1ncc2c(NC3CCCCC3)c(C(=O)NC(C(=O)O)c3ccccc3)cnc21. The third-order valence-electron chi connectivity index (χ3n) is 5.82. The second-order valence-electron chi connectivity index (χ2n) is 7.88. The van der Waals surface area contributed by atoms with E-state index in [1.54, 1.807) is 41.2 Å². The number of aromatic nitrogens is 3. The number of benzene rings is 1. The molecular weight excluding hydrogens is 394 g/mol. The van der Waals surface area contributed by atoms with E-state index in [9.17, 15) is 14.7 Å². The van der Waals surface area contributed by atoms with Crippen molar-refractivity contribution in [3.8, 4) is 0 Å². The summed E-state index contributed by atoms with van der Waals surface area (Å²) in [7, 11) is 0. The first-order valence-electron chi connectivity index (χ1n) is 10.8. The number of anilines is 1. The van der Waals surface area contributed by atoms with Gasteiger partial charge >= 0.3 is 5.97 Å². The highest BCUT2D eigenvalue weighted by atomic mass is 16.4. The zero-order chi connectivity index (χ0) is 21.8. The van der Waals surface area contributed by atoms with Gasteiger partial charge in [-0.3, -0.25) is 4.79 Å². The van der Waals surface area contributed by atoms with Crippen LogP contribution < -0.4 is 10.6 Å². The maximum atomic E-state index is 13.2. The van der Waals surface area contributed by atoms with Crippen molar-refractivity contribution in [1.29, 1.82) is 0 Å². The number of hydrogen-bond acceptors (Lipinski definition) is 5. The molecule has 31 heavy (non-hydrogen) atoms. The lowest BCUT2D eigenvalue weighted by Crippen LogP contribution is -2.34. The number of carbonyl (C=O) groups excluding carboxylic acids is 1. The van der Waals surface area contributed by atoms with Gasteiger partial charge < -0.3 is 15.7 Å². The molecule has 0 radical (unpaired) electrons. The molecule has 3 N–H and O–H groups in total. The van der Waals surface area contributed by atoms with E-state index in [0.29, 0.717) is 29.0 Å². The highest BCUT2D eigenvalue weighted by Gasteiger charge is 2.26. The second kappa shape index (κ2) is 9.16. The first-order chi connectivity index (χ1) is 15.1. The summed E-state index contributed by atoms with van der Waals surface area (Å²) in [6, 6.07) is 7.80. The van der Waals surface area contributed by atoms with E-state index in [1.165, 1.54) is 12.6 Å². The lowest BCUT2D eigenvalue weighted by molar-refractivity contribution is -0.139. The number of pyridine rings is 1. The number of amides is 1. The number of carboxylic acid groups (broad SMARTS) is 1. The number of rotatable bonds is 7. The fraction of sp³-hybridized carbons (Fsp3) is 0.391. The largest absolute Gasteiger partial charge is 0.479 e. The summed E-state index contributed by atoms with van der Waals surface area (Å²) >= 11 is 0. The Kier molecular flexibility index (Phi) is 6.16. The molecule has 1 unspecified atom stereocenters. The van der Waals surface area contributed by atoms with E-state index >= 15 is 0 Å². The number of fused-ring (bicyclic) bond motifs is 1. The molecule has 162 valence electrons. The topological polar surface area (TPSA) is 109 Å². The number of nitrogens with zero attached hydrogens (tertiary/aromatic N) is 3. The first-order valence-corrected chi connectivity index (χ1v) is 10.8. The molecule has 0 spiro atoms. The highest BCUT2D eigenvalue weighted by molar-refractivity contribution is 6.07. The molecule has 0 aliphatic heterocycles. The third kappa shape index (κ3) is 4.38. The minimum Gasteiger partial charge on any atom is -0.479 e. The Hall–Kier alpha value is -3.42. The predicted molar refractivity (Wildman–Crippen MR) is 118 cm³/mol. The van der Waals surface area contributed by atoms with Gasteiger partial charge in [-0.1, -0.05) is 49.6 Å². The molecule has 8 nitrogen and oxygen atoms in total. The van der Waals surface area contributed by atoms with Crippen LogP contribution in [-0.2, 0) is 11.3 Å². The standard InChI is InChI=1S/C23H27N5O3/c1-2-28-21-17(14-25-28)20(26-16-11-7-4-8-12-16)18(13-24-21)22(29)27-19(23(30)31)15-9-5-3-6-10-15/h3,5-6,9-10,13-14,16,19H,2,4,7-8,11-12H2,1H3,(H,24,26)(H,27,29)(H,30,31). The van der Waals surface area contributed by atoms with E-state index in [1.807, 2.05) is 6.92 Å². The van der Waals surface area contributed by atoms with Crippen LogP contribution in [0.4, 0.5) is 5.69 Å². The molecule has 4 rings (SSSR count). The lowest BCUT2D eigenvalue weighted by atomic mass is 9.95. The maximum absolute atomic E-state index is 13.2. The molecule has 8 heteroatoms. The van der Waals surface area contributed by atoms with Gasteiger partial charge in [0.05, 0.1) is 22.8 Å². The van der Waals surface area contributed by atoms with E-state index in [0.717, 1.165) is 31.1 Å². The molecule has 1 amide bonds. The number of aryl methyl sites for hydroxylation is 1. The molecule has 0 bridgehead atoms. The Bertz CT molecular complexity index is 1070. The van der Waals surface area contributed by atoms with Gasteiger partial charge in [-0.05, 0) is 25.3 Å². The van der Waals surface area contributed by atoms with Crippen LogP contribution in [0.3, 0.4) is 0 Å². The quantitative estimate of drug-likeness (QED) is 0.536. The molecule has 1 aromatic carbocycles. The Morgan fingerprint density at radius 3 is 2.58 bits per heavy atom. The van der Waals surface area contributed by atoms with Crippen molar-refractivity contribution in [3.63, 3.8) is 0 Å². The number of hydrogen-bond donors (Lipinski definition) is 3. The summed E-state index contributed by atoms with van der Waals surface area (Å²) in [4.78, 5) is 29.6. The first kappa shape index (κ1) is 20.8. The van der Waals surface area contributed by atoms with Crippen molar-refractivity contribution < 1.29 is 14.7 Å². The van der Waals surface area contributed by atoms with Crippen LogP contribution in [0.1, 0.15) is 61.0 Å². The van der Waals surface area contributed by atoms with Gasteiger partial charge in [-0.15, -0.1) is 0 Å².